The van der Waals surface area contributed by atoms with Gasteiger partial charge in [0.2, 0.25) is 0 Å². The SMILES string of the molecule is Cc1cn2cc3ccccc3c2[nH]1. The lowest BCUT2D eigenvalue weighted by Crippen LogP contribution is -1.69. The molecule has 0 aliphatic rings. The molecule has 3 aromatic rings. The van der Waals surface area contributed by atoms with Crippen LogP contribution in [-0.2, 0) is 0 Å². The predicted octanol–water partition coefficient (Wildman–Crippen LogP) is 2.73. The number of aromatic nitrogens is 2. The van der Waals surface area contributed by atoms with Crippen molar-refractivity contribution in [1.82, 2.24) is 9.38 Å². The maximum absolute atomic E-state index is 3.34. The van der Waals surface area contributed by atoms with Crippen molar-refractivity contribution in [2.24, 2.45) is 0 Å². The van der Waals surface area contributed by atoms with Crippen molar-refractivity contribution in [2.75, 3.05) is 0 Å². The topological polar surface area (TPSA) is 20.2 Å². The molecule has 2 nitrogen and oxygen atoms in total. The number of rotatable bonds is 0. The molecule has 1 N–H and O–H groups in total. The van der Waals surface area contributed by atoms with E-state index in [0.29, 0.717) is 0 Å². The van der Waals surface area contributed by atoms with Crippen molar-refractivity contribution < 1.29 is 0 Å². The molecule has 13 heavy (non-hydrogen) atoms. The zero-order chi connectivity index (χ0) is 8.84. The van der Waals surface area contributed by atoms with E-state index in [4.69, 9.17) is 0 Å². The second-order valence-electron chi connectivity index (χ2n) is 3.41. The number of imidazole rings is 1. The number of aryl methyl sites for hydroxylation is 1. The van der Waals surface area contributed by atoms with Crippen LogP contribution >= 0.6 is 0 Å². The van der Waals surface area contributed by atoms with Crippen molar-refractivity contribution in [2.45, 2.75) is 6.92 Å². The van der Waals surface area contributed by atoms with Crippen molar-refractivity contribution in [3.8, 4) is 0 Å². The van der Waals surface area contributed by atoms with Gasteiger partial charge in [-0.25, -0.2) is 0 Å². The smallest absolute Gasteiger partial charge is 0.122 e. The number of nitrogens with one attached hydrogen (secondary N) is 1. The van der Waals surface area contributed by atoms with Gasteiger partial charge in [0.05, 0.1) is 0 Å². The van der Waals surface area contributed by atoms with E-state index in [1.165, 1.54) is 22.1 Å². The van der Waals surface area contributed by atoms with Gasteiger partial charge in [-0.2, -0.15) is 0 Å². The summed E-state index contributed by atoms with van der Waals surface area (Å²) in [5.41, 5.74) is 2.38. The Labute approximate surface area is 75.8 Å². The molecule has 64 valence electrons. The normalized spacial score (nSPS) is 11.5. The molecule has 0 saturated carbocycles. The average molecular weight is 170 g/mol. The first kappa shape index (κ1) is 6.78. The number of nitrogens with zero attached hydrogens (tertiary/aromatic N) is 1. The second-order valence-corrected chi connectivity index (χ2v) is 3.41. The van der Waals surface area contributed by atoms with Crippen LogP contribution in [0, 0.1) is 6.92 Å². The van der Waals surface area contributed by atoms with E-state index in [1.54, 1.807) is 0 Å². The molecular formula is C11H10N2. The fourth-order valence-electron chi connectivity index (χ4n) is 1.84. The third kappa shape index (κ3) is 0.827. The van der Waals surface area contributed by atoms with Gasteiger partial charge in [0.1, 0.15) is 5.65 Å². The molecule has 2 aromatic heterocycles. The highest BCUT2D eigenvalue weighted by molar-refractivity contribution is 5.95. The fraction of sp³-hybridized carbons (Fsp3) is 0.0909. The Morgan fingerprint density at radius 3 is 2.92 bits per heavy atom. The molecule has 0 fully saturated rings. The summed E-state index contributed by atoms with van der Waals surface area (Å²) in [4.78, 5) is 3.34. The van der Waals surface area contributed by atoms with E-state index in [9.17, 15) is 0 Å². The minimum atomic E-state index is 1.19. The summed E-state index contributed by atoms with van der Waals surface area (Å²) in [5.74, 6) is 0. The number of hydrogen-bond acceptors (Lipinski definition) is 0. The lowest BCUT2D eigenvalue weighted by molar-refractivity contribution is 1.23. The summed E-state index contributed by atoms with van der Waals surface area (Å²) < 4.78 is 2.14. The van der Waals surface area contributed by atoms with E-state index >= 15 is 0 Å². The average Bonchev–Trinajstić information content (AvgIpc) is 2.60. The first-order chi connectivity index (χ1) is 6.34. The zero-order valence-electron chi connectivity index (χ0n) is 7.41. The molecule has 0 amide bonds. The van der Waals surface area contributed by atoms with Crippen molar-refractivity contribution >= 4 is 16.4 Å². The Bertz CT molecular complexity index is 572. The van der Waals surface area contributed by atoms with Crippen LogP contribution in [0.5, 0.6) is 0 Å². The molecule has 1 aromatic carbocycles. The highest BCUT2D eigenvalue weighted by atomic mass is 15.0. The monoisotopic (exact) mass is 170 g/mol. The van der Waals surface area contributed by atoms with Gasteiger partial charge in [-0.3, -0.25) is 0 Å². The number of hydrogen-bond donors (Lipinski definition) is 1. The zero-order valence-corrected chi connectivity index (χ0v) is 7.41. The molecule has 0 aliphatic carbocycles. The van der Waals surface area contributed by atoms with Gasteiger partial charge in [-0.05, 0) is 6.92 Å². The molecule has 2 heterocycles. The Balaban J connectivity index is 2.60. The Hall–Kier alpha value is -1.70. The van der Waals surface area contributed by atoms with Crippen LogP contribution in [0.3, 0.4) is 0 Å². The van der Waals surface area contributed by atoms with Crippen LogP contribution in [-0.4, -0.2) is 9.38 Å². The number of benzene rings is 1. The Morgan fingerprint density at radius 1 is 1.15 bits per heavy atom. The van der Waals surface area contributed by atoms with Gasteiger partial charge in [0, 0.05) is 28.9 Å². The van der Waals surface area contributed by atoms with Crippen molar-refractivity contribution in [1.29, 1.82) is 0 Å². The number of fused-ring (bicyclic) bond motifs is 3. The molecule has 0 aliphatic heterocycles. The van der Waals surface area contributed by atoms with E-state index in [-0.39, 0.29) is 0 Å². The lowest BCUT2D eigenvalue weighted by atomic mass is 10.2. The van der Waals surface area contributed by atoms with Crippen molar-refractivity contribution in [3.63, 3.8) is 0 Å². The highest BCUT2D eigenvalue weighted by Crippen LogP contribution is 2.20. The quantitative estimate of drug-likeness (QED) is 0.535. The van der Waals surface area contributed by atoms with Crippen LogP contribution in [0.4, 0.5) is 0 Å². The standard InChI is InChI=1S/C11H10N2/c1-8-6-13-7-9-4-2-3-5-10(9)11(13)12-8/h2-7,12H,1H3. The summed E-state index contributed by atoms with van der Waals surface area (Å²) >= 11 is 0. The molecular weight excluding hydrogens is 160 g/mol. The minimum absolute atomic E-state index is 1.19. The van der Waals surface area contributed by atoms with Gasteiger partial charge >= 0.3 is 0 Å². The van der Waals surface area contributed by atoms with E-state index < -0.39 is 0 Å². The molecule has 0 saturated heterocycles. The predicted molar refractivity (Wildman–Crippen MR) is 54.0 cm³/mol. The summed E-state index contributed by atoms with van der Waals surface area (Å²) in [5, 5.41) is 2.57. The number of H-pyrrole nitrogens is 1. The minimum Gasteiger partial charge on any atom is -0.343 e. The summed E-state index contributed by atoms with van der Waals surface area (Å²) in [6, 6.07) is 8.40. The summed E-state index contributed by atoms with van der Waals surface area (Å²) in [6.07, 6.45) is 4.25. The third-order valence-corrected chi connectivity index (χ3v) is 2.40. The maximum atomic E-state index is 3.34. The Morgan fingerprint density at radius 2 is 2.00 bits per heavy atom. The highest BCUT2D eigenvalue weighted by Gasteiger charge is 2.02. The Kier molecular flexibility index (Phi) is 1.13. The first-order valence-corrected chi connectivity index (χ1v) is 4.39. The first-order valence-electron chi connectivity index (χ1n) is 4.39. The molecule has 0 bridgehead atoms. The fourth-order valence-corrected chi connectivity index (χ4v) is 1.84. The second kappa shape index (κ2) is 2.16. The van der Waals surface area contributed by atoms with E-state index in [0.717, 1.165) is 0 Å². The molecule has 0 atom stereocenters. The van der Waals surface area contributed by atoms with Crippen LogP contribution in [0.25, 0.3) is 16.4 Å². The van der Waals surface area contributed by atoms with Crippen LogP contribution in [0.1, 0.15) is 5.69 Å². The van der Waals surface area contributed by atoms with E-state index in [2.05, 4.69) is 53.0 Å². The third-order valence-electron chi connectivity index (χ3n) is 2.40. The van der Waals surface area contributed by atoms with Gasteiger partial charge in [0.15, 0.2) is 0 Å². The van der Waals surface area contributed by atoms with Crippen LogP contribution in [0.15, 0.2) is 36.7 Å². The lowest BCUT2D eigenvalue weighted by Gasteiger charge is -1.86. The molecule has 2 heteroatoms. The molecule has 0 spiro atoms. The van der Waals surface area contributed by atoms with Gasteiger partial charge in [-0.1, -0.05) is 24.3 Å². The van der Waals surface area contributed by atoms with Crippen LogP contribution in [0.2, 0.25) is 0 Å². The van der Waals surface area contributed by atoms with Crippen molar-refractivity contribution in [3.05, 3.63) is 42.4 Å². The molecule has 0 unspecified atom stereocenters. The van der Waals surface area contributed by atoms with Gasteiger partial charge < -0.3 is 9.38 Å². The van der Waals surface area contributed by atoms with E-state index in [1.807, 2.05) is 0 Å². The van der Waals surface area contributed by atoms with Gasteiger partial charge in [0.25, 0.3) is 0 Å². The summed E-state index contributed by atoms with van der Waals surface area (Å²) in [6.45, 7) is 2.07. The van der Waals surface area contributed by atoms with Gasteiger partial charge in [-0.15, -0.1) is 0 Å². The molecule has 0 radical (unpaired) electrons. The maximum Gasteiger partial charge on any atom is 0.122 e. The number of aromatic amines is 1. The summed E-state index contributed by atoms with van der Waals surface area (Å²) in [7, 11) is 0. The van der Waals surface area contributed by atoms with Crippen LogP contribution < -0.4 is 0 Å². The molecule has 3 rings (SSSR count). The largest absolute Gasteiger partial charge is 0.343 e.